The number of hydrogen-bond acceptors (Lipinski definition) is 6. The highest BCUT2D eigenvalue weighted by atomic mass is 32.1. The minimum absolute atomic E-state index is 0.223. The van der Waals surface area contributed by atoms with Gasteiger partial charge >= 0.3 is 0 Å². The molecule has 1 aliphatic heterocycles. The van der Waals surface area contributed by atoms with Gasteiger partial charge in [0.25, 0.3) is 11.8 Å². The van der Waals surface area contributed by atoms with Gasteiger partial charge < -0.3 is 14.8 Å². The van der Waals surface area contributed by atoms with Gasteiger partial charge in [0.2, 0.25) is 0 Å². The van der Waals surface area contributed by atoms with E-state index in [0.29, 0.717) is 35.1 Å². The number of carbonyl (C=O) groups excluding carboxylic acids is 2. The van der Waals surface area contributed by atoms with E-state index in [-0.39, 0.29) is 11.6 Å². The maximum atomic E-state index is 13.4. The van der Waals surface area contributed by atoms with Gasteiger partial charge in [-0.05, 0) is 54.8 Å². The van der Waals surface area contributed by atoms with E-state index in [4.69, 9.17) is 9.47 Å². The zero-order chi connectivity index (χ0) is 21.1. The second-order valence-electron chi connectivity index (χ2n) is 6.43. The van der Waals surface area contributed by atoms with Crippen LogP contribution in [0.3, 0.4) is 0 Å². The maximum absolute atomic E-state index is 13.4. The lowest BCUT2D eigenvalue weighted by Crippen LogP contribution is -2.32. The molecule has 2 heterocycles. The Hall–Kier alpha value is -3.58. The van der Waals surface area contributed by atoms with Crippen molar-refractivity contribution in [2.24, 2.45) is 0 Å². The average Bonchev–Trinajstić information content (AvgIpc) is 3.36. The van der Waals surface area contributed by atoms with Crippen LogP contribution in [-0.2, 0) is 9.59 Å². The second kappa shape index (κ2) is 8.42. The minimum Gasteiger partial charge on any atom is -0.495 e. The number of benzene rings is 2. The highest BCUT2D eigenvalue weighted by Crippen LogP contribution is 2.37. The van der Waals surface area contributed by atoms with Gasteiger partial charge in [-0.25, -0.2) is 4.90 Å². The molecule has 0 bridgehead atoms. The first-order valence-electron chi connectivity index (χ1n) is 9.44. The molecule has 1 aromatic heterocycles. The van der Waals surface area contributed by atoms with Gasteiger partial charge in [0, 0.05) is 4.88 Å². The van der Waals surface area contributed by atoms with Crippen molar-refractivity contribution >= 4 is 40.1 Å². The molecule has 3 aromatic rings. The summed E-state index contributed by atoms with van der Waals surface area (Å²) in [6.45, 7) is 2.44. The monoisotopic (exact) mass is 420 g/mol. The molecule has 0 radical (unpaired) electrons. The predicted octanol–water partition coefficient (Wildman–Crippen LogP) is 4.55. The Morgan fingerprint density at radius 2 is 1.73 bits per heavy atom. The molecular weight excluding hydrogens is 400 g/mol. The number of nitrogens with zero attached hydrogens (tertiary/aromatic N) is 1. The lowest BCUT2D eigenvalue weighted by atomic mass is 10.1. The quantitative estimate of drug-likeness (QED) is 0.568. The Bertz CT molecular complexity index is 1100. The Balaban J connectivity index is 1.75. The normalized spacial score (nSPS) is 13.7. The van der Waals surface area contributed by atoms with Crippen molar-refractivity contribution in [2.45, 2.75) is 6.92 Å². The molecule has 0 saturated heterocycles. The van der Waals surface area contributed by atoms with Crippen LogP contribution in [0.5, 0.6) is 11.5 Å². The van der Waals surface area contributed by atoms with Crippen LogP contribution >= 0.6 is 11.3 Å². The number of rotatable bonds is 7. The minimum atomic E-state index is -0.418. The third-order valence-corrected chi connectivity index (χ3v) is 5.51. The fourth-order valence-corrected chi connectivity index (χ4v) is 4.04. The zero-order valence-corrected chi connectivity index (χ0v) is 17.4. The van der Waals surface area contributed by atoms with E-state index in [1.165, 1.54) is 16.2 Å². The number of ether oxygens (including phenoxy) is 2. The van der Waals surface area contributed by atoms with Gasteiger partial charge in [-0.2, -0.15) is 0 Å². The molecule has 152 valence electrons. The molecule has 0 fully saturated rings. The van der Waals surface area contributed by atoms with E-state index in [9.17, 15) is 9.59 Å². The number of para-hydroxylation sites is 2. The second-order valence-corrected chi connectivity index (χ2v) is 7.37. The third kappa shape index (κ3) is 3.55. The van der Waals surface area contributed by atoms with Crippen LogP contribution < -0.4 is 19.7 Å². The van der Waals surface area contributed by atoms with Gasteiger partial charge in [-0.1, -0.05) is 18.2 Å². The third-order valence-electron chi connectivity index (χ3n) is 4.62. The van der Waals surface area contributed by atoms with E-state index in [0.717, 1.165) is 4.88 Å². The summed E-state index contributed by atoms with van der Waals surface area (Å²) in [6.07, 6.45) is 0. The highest BCUT2D eigenvalue weighted by Gasteiger charge is 2.40. The topological polar surface area (TPSA) is 67.9 Å². The van der Waals surface area contributed by atoms with Crippen molar-refractivity contribution in [1.82, 2.24) is 0 Å². The van der Waals surface area contributed by atoms with Crippen molar-refractivity contribution in [2.75, 3.05) is 23.9 Å². The zero-order valence-electron chi connectivity index (χ0n) is 16.5. The van der Waals surface area contributed by atoms with Gasteiger partial charge in [0.15, 0.2) is 0 Å². The molecule has 0 aliphatic carbocycles. The van der Waals surface area contributed by atoms with Gasteiger partial charge in [-0.15, -0.1) is 11.3 Å². The first kappa shape index (κ1) is 19.7. The summed E-state index contributed by atoms with van der Waals surface area (Å²) in [7, 11) is 1.56. The number of carbonyl (C=O) groups is 2. The van der Waals surface area contributed by atoms with Crippen LogP contribution in [0, 0.1) is 0 Å². The van der Waals surface area contributed by atoms with Crippen LogP contribution in [0.4, 0.5) is 11.4 Å². The average molecular weight is 420 g/mol. The molecule has 0 spiro atoms. The SMILES string of the molecule is CCOc1ccc(N2C(=O)C(Nc3ccccc3OC)=C(c3cccs3)C2=O)cc1. The Kier molecular flexibility index (Phi) is 5.54. The van der Waals surface area contributed by atoms with E-state index < -0.39 is 5.91 Å². The molecule has 2 aromatic carbocycles. The molecule has 7 heteroatoms. The number of hydrogen-bond donors (Lipinski definition) is 1. The van der Waals surface area contributed by atoms with Crippen LogP contribution in [0.1, 0.15) is 11.8 Å². The first-order chi connectivity index (χ1) is 14.6. The number of nitrogens with one attached hydrogen (secondary N) is 1. The summed E-state index contributed by atoms with van der Waals surface area (Å²) in [5.41, 5.74) is 1.66. The van der Waals surface area contributed by atoms with Crippen LogP contribution in [0.15, 0.2) is 71.7 Å². The fourth-order valence-electron chi connectivity index (χ4n) is 3.27. The molecule has 6 nitrogen and oxygen atoms in total. The highest BCUT2D eigenvalue weighted by molar-refractivity contribution is 7.11. The molecule has 0 unspecified atom stereocenters. The molecule has 0 atom stereocenters. The molecule has 2 amide bonds. The first-order valence-corrected chi connectivity index (χ1v) is 10.3. The van der Waals surface area contributed by atoms with Crippen molar-refractivity contribution in [3.63, 3.8) is 0 Å². The number of anilines is 2. The number of methoxy groups -OCH3 is 1. The number of imide groups is 1. The largest absolute Gasteiger partial charge is 0.495 e. The van der Waals surface area contributed by atoms with Gasteiger partial charge in [0.1, 0.15) is 17.2 Å². The lowest BCUT2D eigenvalue weighted by Gasteiger charge is -2.16. The fraction of sp³-hybridized carbons (Fsp3) is 0.130. The summed E-state index contributed by atoms with van der Waals surface area (Å²) in [5.74, 6) is 0.469. The van der Waals surface area contributed by atoms with Crippen molar-refractivity contribution in [3.05, 3.63) is 76.6 Å². The maximum Gasteiger partial charge on any atom is 0.282 e. The van der Waals surface area contributed by atoms with E-state index in [1.54, 1.807) is 43.5 Å². The molecule has 1 N–H and O–H groups in total. The number of thiophene rings is 1. The van der Waals surface area contributed by atoms with Gasteiger partial charge in [-0.3, -0.25) is 9.59 Å². The molecule has 1 aliphatic rings. The molecule has 30 heavy (non-hydrogen) atoms. The standard InChI is InChI=1S/C23H20N2O4S/c1-3-29-16-12-10-15(11-13-16)25-22(26)20(19-9-6-14-30-19)21(23(25)27)24-17-7-4-5-8-18(17)28-2/h4-14,24H,3H2,1-2H3. The summed E-state index contributed by atoms with van der Waals surface area (Å²) in [5, 5.41) is 5.01. The molecular formula is C23H20N2O4S. The number of amides is 2. The Morgan fingerprint density at radius 1 is 0.967 bits per heavy atom. The summed E-state index contributed by atoms with van der Waals surface area (Å²) in [6, 6.07) is 17.9. The van der Waals surface area contributed by atoms with Gasteiger partial charge in [0.05, 0.1) is 30.7 Å². The Labute approximate surface area is 178 Å². The van der Waals surface area contributed by atoms with E-state index in [1.807, 2.05) is 36.6 Å². The van der Waals surface area contributed by atoms with E-state index in [2.05, 4.69) is 5.32 Å². The Morgan fingerprint density at radius 3 is 2.40 bits per heavy atom. The lowest BCUT2D eigenvalue weighted by molar-refractivity contribution is -0.120. The smallest absolute Gasteiger partial charge is 0.282 e. The van der Waals surface area contributed by atoms with Crippen molar-refractivity contribution in [3.8, 4) is 11.5 Å². The summed E-state index contributed by atoms with van der Waals surface area (Å²) < 4.78 is 10.8. The summed E-state index contributed by atoms with van der Waals surface area (Å²) in [4.78, 5) is 28.6. The molecule has 4 rings (SSSR count). The van der Waals surface area contributed by atoms with Crippen molar-refractivity contribution < 1.29 is 19.1 Å². The summed E-state index contributed by atoms with van der Waals surface area (Å²) >= 11 is 1.41. The van der Waals surface area contributed by atoms with Crippen molar-refractivity contribution in [1.29, 1.82) is 0 Å². The molecule has 0 saturated carbocycles. The van der Waals surface area contributed by atoms with Crippen LogP contribution in [0.25, 0.3) is 5.57 Å². The van der Waals surface area contributed by atoms with Crippen LogP contribution in [0.2, 0.25) is 0 Å². The van der Waals surface area contributed by atoms with Crippen LogP contribution in [-0.4, -0.2) is 25.5 Å². The van der Waals surface area contributed by atoms with E-state index >= 15 is 0 Å². The predicted molar refractivity (Wildman–Crippen MR) is 118 cm³/mol.